The molecule has 0 radical (unpaired) electrons. The second-order valence-corrected chi connectivity index (χ2v) is 5.17. The van der Waals surface area contributed by atoms with Crippen LogP contribution in [0.1, 0.15) is 0 Å². The number of carboxylic acid groups (broad SMARTS) is 1. The number of pyridine rings is 1. The first-order chi connectivity index (χ1) is 8.75. The number of fused-ring (bicyclic) bond motifs is 1. The third-order valence-electron chi connectivity index (χ3n) is 3.21. The van der Waals surface area contributed by atoms with Crippen LogP contribution < -0.4 is 4.90 Å². The summed E-state index contributed by atoms with van der Waals surface area (Å²) in [4.78, 5) is 18.9. The van der Waals surface area contributed by atoms with Crippen LogP contribution >= 0.6 is 11.3 Å². The van der Waals surface area contributed by atoms with E-state index in [4.69, 9.17) is 5.11 Å². The Morgan fingerprint density at radius 3 is 2.78 bits per heavy atom. The lowest BCUT2D eigenvalue weighted by atomic mass is 10.2. The van der Waals surface area contributed by atoms with E-state index in [1.165, 1.54) is 9.60 Å². The molecule has 0 spiro atoms. The maximum atomic E-state index is 10.9. The highest BCUT2D eigenvalue weighted by molar-refractivity contribution is 7.17. The van der Waals surface area contributed by atoms with Gasteiger partial charge < -0.3 is 14.9 Å². The van der Waals surface area contributed by atoms with Gasteiger partial charge in [0, 0.05) is 42.5 Å². The van der Waals surface area contributed by atoms with Gasteiger partial charge in [-0.15, -0.1) is 11.3 Å². The summed E-state index contributed by atoms with van der Waals surface area (Å²) >= 11 is 1.70. The Hall–Kier alpha value is -1.82. The predicted molar refractivity (Wildman–Crippen MR) is 71.4 cm³/mol. The van der Waals surface area contributed by atoms with Gasteiger partial charge in [0.25, 0.3) is 0 Å². The van der Waals surface area contributed by atoms with Gasteiger partial charge in [-0.05, 0) is 17.5 Å². The first kappa shape index (κ1) is 11.3. The molecule has 3 rings (SSSR count). The zero-order chi connectivity index (χ0) is 12.5. The van der Waals surface area contributed by atoms with Crippen molar-refractivity contribution in [2.45, 2.75) is 0 Å². The summed E-state index contributed by atoms with van der Waals surface area (Å²) in [7, 11) is 0. The lowest BCUT2D eigenvalue weighted by Gasteiger charge is -2.34. The highest BCUT2D eigenvalue weighted by Crippen LogP contribution is 2.28. The van der Waals surface area contributed by atoms with Crippen molar-refractivity contribution < 1.29 is 9.90 Å². The number of rotatable bonds is 1. The highest BCUT2D eigenvalue weighted by Gasteiger charge is 2.22. The number of piperazine rings is 1. The monoisotopic (exact) mass is 263 g/mol. The van der Waals surface area contributed by atoms with Crippen molar-refractivity contribution in [2.24, 2.45) is 0 Å². The molecule has 18 heavy (non-hydrogen) atoms. The minimum absolute atomic E-state index is 0.539. The van der Waals surface area contributed by atoms with Crippen molar-refractivity contribution in [3.05, 3.63) is 23.7 Å². The number of anilines is 1. The number of amides is 1. The number of carbonyl (C=O) groups is 1. The van der Waals surface area contributed by atoms with E-state index in [0.717, 1.165) is 11.2 Å². The van der Waals surface area contributed by atoms with E-state index in [0.29, 0.717) is 26.2 Å². The van der Waals surface area contributed by atoms with Crippen LogP contribution in [0, 0.1) is 0 Å². The van der Waals surface area contributed by atoms with E-state index in [-0.39, 0.29) is 0 Å². The van der Waals surface area contributed by atoms with Crippen molar-refractivity contribution in [2.75, 3.05) is 31.1 Å². The quantitative estimate of drug-likeness (QED) is 0.856. The third kappa shape index (κ3) is 1.88. The van der Waals surface area contributed by atoms with Gasteiger partial charge in [-0.3, -0.25) is 0 Å². The van der Waals surface area contributed by atoms with Gasteiger partial charge in [-0.2, -0.15) is 0 Å². The standard InChI is InChI=1S/C12H13N3O2S/c16-12(17)15-6-4-14(5-7-15)11-9-2-8-18-10(9)1-3-13-11/h1-3,8H,4-7H2,(H,16,17). The molecule has 0 unspecified atom stereocenters. The molecule has 1 saturated heterocycles. The predicted octanol–water partition coefficient (Wildman–Crippen LogP) is 2.10. The molecule has 0 bridgehead atoms. The van der Waals surface area contributed by atoms with Crippen LogP contribution in [0.4, 0.5) is 10.6 Å². The molecule has 5 nitrogen and oxygen atoms in total. The number of hydrogen-bond donors (Lipinski definition) is 1. The van der Waals surface area contributed by atoms with Crippen LogP contribution in [0.3, 0.4) is 0 Å². The molecule has 2 aromatic heterocycles. The Bertz CT molecular complexity index is 575. The fourth-order valence-corrected chi connectivity index (χ4v) is 3.02. The third-order valence-corrected chi connectivity index (χ3v) is 4.09. The molecule has 1 amide bonds. The van der Waals surface area contributed by atoms with Crippen LogP contribution in [0.2, 0.25) is 0 Å². The minimum atomic E-state index is -0.837. The zero-order valence-electron chi connectivity index (χ0n) is 9.74. The zero-order valence-corrected chi connectivity index (χ0v) is 10.6. The van der Waals surface area contributed by atoms with E-state index in [2.05, 4.69) is 21.3 Å². The molecule has 0 aromatic carbocycles. The molecule has 2 aromatic rings. The van der Waals surface area contributed by atoms with Crippen molar-refractivity contribution >= 4 is 33.3 Å². The molecule has 6 heteroatoms. The molecule has 0 atom stereocenters. The largest absolute Gasteiger partial charge is 0.465 e. The van der Waals surface area contributed by atoms with Gasteiger partial charge in [-0.1, -0.05) is 0 Å². The molecule has 0 aliphatic carbocycles. The maximum Gasteiger partial charge on any atom is 0.407 e. The number of hydrogen-bond acceptors (Lipinski definition) is 4. The second-order valence-electron chi connectivity index (χ2n) is 4.22. The first-order valence-electron chi connectivity index (χ1n) is 5.81. The van der Waals surface area contributed by atoms with Crippen molar-refractivity contribution in [1.29, 1.82) is 0 Å². The Kier molecular flexibility index (Phi) is 2.79. The molecular weight excluding hydrogens is 250 g/mol. The normalized spacial score (nSPS) is 16.2. The van der Waals surface area contributed by atoms with Crippen LogP contribution in [-0.4, -0.2) is 47.3 Å². The smallest absolute Gasteiger partial charge is 0.407 e. The number of thiophene rings is 1. The summed E-state index contributed by atoms with van der Waals surface area (Å²) < 4.78 is 1.22. The fourth-order valence-electron chi connectivity index (χ4n) is 2.24. The molecular formula is C12H13N3O2S. The summed E-state index contributed by atoms with van der Waals surface area (Å²) in [5, 5.41) is 12.1. The first-order valence-corrected chi connectivity index (χ1v) is 6.69. The molecule has 1 aliphatic heterocycles. The minimum Gasteiger partial charge on any atom is -0.465 e. The van der Waals surface area contributed by atoms with Gasteiger partial charge >= 0.3 is 6.09 Å². The summed E-state index contributed by atoms with van der Waals surface area (Å²) in [5.74, 6) is 0.971. The van der Waals surface area contributed by atoms with Gasteiger partial charge in [-0.25, -0.2) is 9.78 Å². The summed E-state index contributed by atoms with van der Waals surface area (Å²) in [6.45, 7) is 2.48. The highest BCUT2D eigenvalue weighted by atomic mass is 32.1. The van der Waals surface area contributed by atoms with E-state index < -0.39 is 6.09 Å². The Balaban J connectivity index is 1.84. The molecule has 3 heterocycles. The topological polar surface area (TPSA) is 56.7 Å². The van der Waals surface area contributed by atoms with Crippen molar-refractivity contribution in [3.8, 4) is 0 Å². The van der Waals surface area contributed by atoms with E-state index in [1.54, 1.807) is 11.3 Å². The molecule has 1 aliphatic rings. The van der Waals surface area contributed by atoms with Crippen LogP contribution in [0.25, 0.3) is 10.1 Å². The average molecular weight is 263 g/mol. The average Bonchev–Trinajstić information content (AvgIpc) is 2.87. The molecule has 1 N–H and O–H groups in total. The molecule has 94 valence electrons. The molecule has 0 saturated carbocycles. The van der Waals surface area contributed by atoms with Crippen molar-refractivity contribution in [1.82, 2.24) is 9.88 Å². The van der Waals surface area contributed by atoms with Gasteiger partial charge in [0.15, 0.2) is 0 Å². The maximum absolute atomic E-state index is 10.9. The van der Waals surface area contributed by atoms with Gasteiger partial charge in [0.1, 0.15) is 5.82 Å². The van der Waals surface area contributed by atoms with E-state index in [9.17, 15) is 4.79 Å². The van der Waals surface area contributed by atoms with Gasteiger partial charge in [0.05, 0.1) is 0 Å². The Morgan fingerprint density at radius 1 is 1.28 bits per heavy atom. The SMILES string of the molecule is O=C(O)N1CCN(c2nccc3sccc23)CC1. The fraction of sp³-hybridized carbons (Fsp3) is 0.333. The summed E-state index contributed by atoms with van der Waals surface area (Å²) in [6.07, 6.45) is 0.980. The van der Waals surface area contributed by atoms with Crippen LogP contribution in [-0.2, 0) is 0 Å². The van der Waals surface area contributed by atoms with Crippen LogP contribution in [0.5, 0.6) is 0 Å². The Morgan fingerprint density at radius 2 is 2.06 bits per heavy atom. The molecule has 1 fully saturated rings. The Labute approximate surface area is 108 Å². The summed E-state index contributed by atoms with van der Waals surface area (Å²) in [6, 6.07) is 4.09. The van der Waals surface area contributed by atoms with Crippen LogP contribution in [0.15, 0.2) is 23.7 Å². The van der Waals surface area contributed by atoms with E-state index >= 15 is 0 Å². The lowest BCUT2D eigenvalue weighted by Crippen LogP contribution is -2.48. The lowest BCUT2D eigenvalue weighted by molar-refractivity contribution is 0.142. The second kappa shape index (κ2) is 4.45. The van der Waals surface area contributed by atoms with E-state index in [1.807, 2.05) is 12.3 Å². The van der Waals surface area contributed by atoms with Gasteiger partial charge in [0.2, 0.25) is 0 Å². The summed E-state index contributed by atoms with van der Waals surface area (Å²) in [5.41, 5.74) is 0. The van der Waals surface area contributed by atoms with Crippen molar-refractivity contribution in [3.63, 3.8) is 0 Å². The number of nitrogens with zero attached hydrogens (tertiary/aromatic N) is 3. The number of aromatic nitrogens is 1.